The lowest BCUT2D eigenvalue weighted by Crippen LogP contribution is -2.11. The summed E-state index contributed by atoms with van der Waals surface area (Å²) in [6.07, 6.45) is 0. The zero-order chi connectivity index (χ0) is 18.0. The van der Waals surface area contributed by atoms with E-state index in [4.69, 9.17) is 0 Å². The second-order valence-electron chi connectivity index (χ2n) is 5.82. The van der Waals surface area contributed by atoms with Crippen molar-refractivity contribution in [2.45, 2.75) is 20.8 Å². The summed E-state index contributed by atoms with van der Waals surface area (Å²) in [6.45, 7) is 5.83. The van der Waals surface area contributed by atoms with Gasteiger partial charge in [-0.25, -0.2) is 9.37 Å². The summed E-state index contributed by atoms with van der Waals surface area (Å²) in [7, 11) is 0. The number of halogens is 1. The fraction of sp³-hybridized carbons (Fsp3) is 0.158. The van der Waals surface area contributed by atoms with Gasteiger partial charge >= 0.3 is 0 Å². The first-order valence-corrected chi connectivity index (χ1v) is 8.62. The van der Waals surface area contributed by atoms with Gasteiger partial charge in [-0.2, -0.15) is 0 Å². The summed E-state index contributed by atoms with van der Waals surface area (Å²) >= 11 is 1.27. The normalized spacial score (nSPS) is 10.6. The number of amides is 1. The van der Waals surface area contributed by atoms with Crippen molar-refractivity contribution in [2.24, 2.45) is 0 Å². The van der Waals surface area contributed by atoms with Gasteiger partial charge in [-0.05, 0) is 68.3 Å². The standard InChI is InChI=1S/C19H18FN3OS/c1-11-4-7-16(10-12(11)2)22-18(24)17-13(3)21-19(25-17)23-15-8-5-14(20)6-9-15/h4-10H,1-3H3,(H,21,23)(H,22,24). The summed E-state index contributed by atoms with van der Waals surface area (Å²) < 4.78 is 13.0. The number of aromatic nitrogens is 1. The summed E-state index contributed by atoms with van der Waals surface area (Å²) in [6, 6.07) is 11.8. The molecule has 0 saturated carbocycles. The van der Waals surface area contributed by atoms with Crippen molar-refractivity contribution in [3.8, 4) is 0 Å². The highest BCUT2D eigenvalue weighted by atomic mass is 32.1. The first kappa shape index (κ1) is 17.1. The van der Waals surface area contributed by atoms with Gasteiger partial charge in [0.2, 0.25) is 0 Å². The van der Waals surface area contributed by atoms with E-state index < -0.39 is 0 Å². The van der Waals surface area contributed by atoms with Crippen LogP contribution in [-0.2, 0) is 0 Å². The highest BCUT2D eigenvalue weighted by Crippen LogP contribution is 2.27. The highest BCUT2D eigenvalue weighted by Gasteiger charge is 2.16. The molecule has 0 aliphatic carbocycles. The minimum Gasteiger partial charge on any atom is -0.332 e. The van der Waals surface area contributed by atoms with Crippen LogP contribution >= 0.6 is 11.3 Å². The molecule has 0 aliphatic heterocycles. The molecule has 1 aromatic heterocycles. The molecule has 0 saturated heterocycles. The number of hydrogen-bond donors (Lipinski definition) is 2. The SMILES string of the molecule is Cc1ccc(NC(=O)c2sc(Nc3ccc(F)cc3)nc2C)cc1C. The molecule has 0 aliphatic rings. The zero-order valence-electron chi connectivity index (χ0n) is 14.2. The number of aryl methyl sites for hydroxylation is 3. The van der Waals surface area contributed by atoms with E-state index in [0.717, 1.165) is 16.9 Å². The Bertz CT molecular complexity index is 919. The fourth-order valence-corrected chi connectivity index (χ4v) is 3.21. The minimum atomic E-state index is -0.297. The number of rotatable bonds is 4. The van der Waals surface area contributed by atoms with E-state index in [-0.39, 0.29) is 11.7 Å². The molecule has 0 atom stereocenters. The van der Waals surface area contributed by atoms with Gasteiger partial charge < -0.3 is 10.6 Å². The molecule has 0 bridgehead atoms. The van der Waals surface area contributed by atoms with Crippen LogP contribution in [0.25, 0.3) is 0 Å². The number of hydrogen-bond acceptors (Lipinski definition) is 4. The lowest BCUT2D eigenvalue weighted by Gasteiger charge is -2.06. The first-order chi connectivity index (χ1) is 11.9. The molecule has 0 radical (unpaired) electrons. The predicted octanol–water partition coefficient (Wildman–Crippen LogP) is 5.20. The maximum absolute atomic E-state index is 13.0. The predicted molar refractivity (Wildman–Crippen MR) is 100 cm³/mol. The Labute approximate surface area is 149 Å². The number of anilines is 3. The molecule has 0 spiro atoms. The van der Waals surface area contributed by atoms with Crippen LogP contribution in [0.3, 0.4) is 0 Å². The number of carbonyl (C=O) groups is 1. The number of thiazole rings is 1. The van der Waals surface area contributed by atoms with Crippen LogP contribution < -0.4 is 10.6 Å². The molecule has 0 fully saturated rings. The Balaban J connectivity index is 1.75. The molecule has 4 nitrogen and oxygen atoms in total. The molecule has 0 unspecified atom stereocenters. The quantitative estimate of drug-likeness (QED) is 0.676. The Morgan fingerprint density at radius 2 is 1.68 bits per heavy atom. The lowest BCUT2D eigenvalue weighted by atomic mass is 10.1. The van der Waals surface area contributed by atoms with Gasteiger partial charge in [-0.1, -0.05) is 17.4 Å². The van der Waals surface area contributed by atoms with Gasteiger partial charge in [0.1, 0.15) is 10.7 Å². The molecular weight excluding hydrogens is 337 g/mol. The van der Waals surface area contributed by atoms with E-state index in [2.05, 4.69) is 15.6 Å². The lowest BCUT2D eigenvalue weighted by molar-refractivity contribution is 0.103. The Morgan fingerprint density at radius 1 is 1.00 bits per heavy atom. The van der Waals surface area contributed by atoms with Crippen LogP contribution in [-0.4, -0.2) is 10.9 Å². The third-order valence-electron chi connectivity index (χ3n) is 3.86. The van der Waals surface area contributed by atoms with Crippen molar-refractivity contribution in [1.82, 2.24) is 4.98 Å². The largest absolute Gasteiger partial charge is 0.332 e. The van der Waals surface area contributed by atoms with E-state index in [9.17, 15) is 9.18 Å². The second kappa shape index (κ2) is 7.03. The average molecular weight is 355 g/mol. The Morgan fingerprint density at radius 3 is 2.36 bits per heavy atom. The van der Waals surface area contributed by atoms with Crippen molar-refractivity contribution in [1.29, 1.82) is 0 Å². The van der Waals surface area contributed by atoms with E-state index >= 15 is 0 Å². The number of benzene rings is 2. The smallest absolute Gasteiger partial charge is 0.267 e. The summed E-state index contributed by atoms with van der Waals surface area (Å²) in [4.78, 5) is 17.4. The molecule has 3 aromatic rings. The van der Waals surface area contributed by atoms with Crippen LogP contribution in [0.5, 0.6) is 0 Å². The third-order valence-corrected chi connectivity index (χ3v) is 4.93. The Kier molecular flexibility index (Phi) is 4.81. The second-order valence-corrected chi connectivity index (χ2v) is 6.82. The van der Waals surface area contributed by atoms with E-state index in [0.29, 0.717) is 15.7 Å². The number of carbonyl (C=O) groups excluding carboxylic acids is 1. The monoisotopic (exact) mass is 355 g/mol. The maximum atomic E-state index is 13.0. The summed E-state index contributed by atoms with van der Waals surface area (Å²) in [5.74, 6) is -0.486. The molecule has 6 heteroatoms. The van der Waals surface area contributed by atoms with Gasteiger partial charge in [0.05, 0.1) is 5.69 Å². The zero-order valence-corrected chi connectivity index (χ0v) is 15.0. The van der Waals surface area contributed by atoms with Crippen molar-refractivity contribution >= 4 is 33.8 Å². The molecule has 25 heavy (non-hydrogen) atoms. The average Bonchev–Trinajstić information content (AvgIpc) is 2.94. The van der Waals surface area contributed by atoms with Gasteiger partial charge in [0.15, 0.2) is 5.13 Å². The van der Waals surface area contributed by atoms with Crippen LogP contribution in [0.4, 0.5) is 20.9 Å². The van der Waals surface area contributed by atoms with Crippen molar-refractivity contribution < 1.29 is 9.18 Å². The third kappa shape index (κ3) is 4.03. The van der Waals surface area contributed by atoms with Gasteiger partial charge in [0, 0.05) is 11.4 Å². The molecule has 3 rings (SSSR count). The van der Waals surface area contributed by atoms with Crippen LogP contribution in [0.15, 0.2) is 42.5 Å². The topological polar surface area (TPSA) is 54.0 Å². The minimum absolute atomic E-state index is 0.189. The number of nitrogens with one attached hydrogen (secondary N) is 2. The maximum Gasteiger partial charge on any atom is 0.267 e. The van der Waals surface area contributed by atoms with Crippen molar-refractivity contribution in [3.63, 3.8) is 0 Å². The van der Waals surface area contributed by atoms with E-state index in [1.807, 2.05) is 32.0 Å². The molecule has 2 N–H and O–H groups in total. The van der Waals surface area contributed by atoms with Crippen LogP contribution in [0.1, 0.15) is 26.5 Å². The van der Waals surface area contributed by atoms with Crippen molar-refractivity contribution in [3.05, 3.63) is 70.0 Å². The number of nitrogens with zero attached hydrogens (tertiary/aromatic N) is 1. The molecular formula is C19H18FN3OS. The summed E-state index contributed by atoms with van der Waals surface area (Å²) in [5.41, 5.74) is 4.43. The van der Waals surface area contributed by atoms with Crippen LogP contribution in [0, 0.1) is 26.6 Å². The molecule has 2 aromatic carbocycles. The van der Waals surface area contributed by atoms with Crippen LogP contribution in [0.2, 0.25) is 0 Å². The van der Waals surface area contributed by atoms with E-state index in [1.54, 1.807) is 19.1 Å². The first-order valence-electron chi connectivity index (χ1n) is 7.81. The molecule has 1 heterocycles. The molecule has 128 valence electrons. The van der Waals surface area contributed by atoms with Gasteiger partial charge in [-0.15, -0.1) is 0 Å². The summed E-state index contributed by atoms with van der Waals surface area (Å²) in [5, 5.41) is 6.59. The fourth-order valence-electron chi connectivity index (χ4n) is 2.32. The van der Waals surface area contributed by atoms with E-state index in [1.165, 1.54) is 29.0 Å². The van der Waals surface area contributed by atoms with Gasteiger partial charge in [0.25, 0.3) is 5.91 Å². The molecule has 1 amide bonds. The highest BCUT2D eigenvalue weighted by molar-refractivity contribution is 7.17. The van der Waals surface area contributed by atoms with Gasteiger partial charge in [-0.3, -0.25) is 4.79 Å². The Hall–Kier alpha value is -2.73. The van der Waals surface area contributed by atoms with Crippen molar-refractivity contribution in [2.75, 3.05) is 10.6 Å².